The highest BCUT2D eigenvalue weighted by Gasteiger charge is 2.53. The number of hydrogen-bond acceptors (Lipinski definition) is 4. The number of thiazole rings is 1. The molecule has 4 nitrogen and oxygen atoms in total. The van der Waals surface area contributed by atoms with Crippen molar-refractivity contribution in [2.75, 3.05) is 0 Å². The van der Waals surface area contributed by atoms with Crippen LogP contribution in [0.3, 0.4) is 0 Å². The van der Waals surface area contributed by atoms with Crippen molar-refractivity contribution in [2.45, 2.75) is 32.2 Å². The van der Waals surface area contributed by atoms with E-state index < -0.39 is 11.0 Å². The van der Waals surface area contributed by atoms with E-state index in [9.17, 15) is 4.79 Å². The number of nitrogens with zero attached hydrogens (tertiary/aromatic N) is 1. The molecule has 1 amide bonds. The summed E-state index contributed by atoms with van der Waals surface area (Å²) >= 11 is 6.48. The molecule has 0 spiro atoms. The number of nitrogens with one attached hydrogen (secondary N) is 1. The summed E-state index contributed by atoms with van der Waals surface area (Å²) in [5.74, 6) is -0.0785. The standard InChI is InChI=1S/C11H15N3OS2/c1-10(2,9-13-5-6-17-9)14-8(15)11(3-4-11)7(12)16/h5-6H,3-4H2,1-2H3,(H2,12,16)(H,14,15). The summed E-state index contributed by atoms with van der Waals surface area (Å²) in [6.45, 7) is 3.86. The SMILES string of the molecule is CC(C)(NC(=O)C1(C(N)=S)CC1)c1nccs1. The van der Waals surface area contributed by atoms with Gasteiger partial charge in [0, 0.05) is 11.6 Å². The Kier molecular flexibility index (Phi) is 2.95. The molecule has 0 aromatic carbocycles. The van der Waals surface area contributed by atoms with E-state index in [0.717, 1.165) is 17.8 Å². The van der Waals surface area contributed by atoms with E-state index in [1.807, 2.05) is 19.2 Å². The molecule has 0 saturated heterocycles. The fraction of sp³-hybridized carbons (Fsp3) is 0.545. The van der Waals surface area contributed by atoms with Crippen LogP contribution in [0.25, 0.3) is 0 Å². The molecule has 1 aliphatic carbocycles. The quantitative estimate of drug-likeness (QED) is 0.814. The predicted octanol–water partition coefficient (Wildman–Crippen LogP) is 1.56. The van der Waals surface area contributed by atoms with Gasteiger partial charge in [-0.1, -0.05) is 12.2 Å². The second-order valence-electron chi connectivity index (χ2n) is 4.86. The zero-order chi connectivity index (χ0) is 12.7. The Morgan fingerprint density at radius 2 is 2.29 bits per heavy atom. The molecular weight excluding hydrogens is 254 g/mol. The molecule has 2 rings (SSSR count). The van der Waals surface area contributed by atoms with Gasteiger partial charge >= 0.3 is 0 Å². The molecule has 1 saturated carbocycles. The Labute approximate surface area is 110 Å². The van der Waals surface area contributed by atoms with Crippen LogP contribution in [0.4, 0.5) is 0 Å². The summed E-state index contributed by atoms with van der Waals surface area (Å²) in [5.41, 5.74) is 4.54. The van der Waals surface area contributed by atoms with Crippen molar-refractivity contribution in [3.05, 3.63) is 16.6 Å². The van der Waals surface area contributed by atoms with Gasteiger partial charge in [0.25, 0.3) is 0 Å². The van der Waals surface area contributed by atoms with E-state index in [1.54, 1.807) is 6.20 Å². The number of amides is 1. The third-order valence-electron chi connectivity index (χ3n) is 3.05. The lowest BCUT2D eigenvalue weighted by Gasteiger charge is -2.26. The van der Waals surface area contributed by atoms with Crippen LogP contribution in [0.15, 0.2) is 11.6 Å². The minimum atomic E-state index is -0.607. The predicted molar refractivity (Wildman–Crippen MR) is 71.7 cm³/mol. The number of hydrogen-bond donors (Lipinski definition) is 2. The Hall–Kier alpha value is -1.01. The van der Waals surface area contributed by atoms with Gasteiger partial charge in [0.05, 0.1) is 15.9 Å². The normalized spacial score (nSPS) is 17.5. The molecule has 92 valence electrons. The van der Waals surface area contributed by atoms with E-state index in [1.165, 1.54) is 11.3 Å². The van der Waals surface area contributed by atoms with Crippen LogP contribution in [0.2, 0.25) is 0 Å². The molecule has 0 atom stereocenters. The fourth-order valence-corrected chi connectivity index (χ4v) is 2.71. The van der Waals surface area contributed by atoms with Gasteiger partial charge in [0.15, 0.2) is 0 Å². The molecule has 1 aromatic rings. The van der Waals surface area contributed by atoms with Crippen LogP contribution < -0.4 is 11.1 Å². The highest BCUT2D eigenvalue weighted by molar-refractivity contribution is 7.80. The van der Waals surface area contributed by atoms with Gasteiger partial charge in [-0.05, 0) is 26.7 Å². The molecule has 0 unspecified atom stereocenters. The van der Waals surface area contributed by atoms with Crippen LogP contribution in [0.1, 0.15) is 31.7 Å². The largest absolute Gasteiger partial charge is 0.392 e. The molecular formula is C11H15N3OS2. The third-order valence-corrected chi connectivity index (χ3v) is 4.54. The number of carbonyl (C=O) groups excluding carboxylic acids is 1. The lowest BCUT2D eigenvalue weighted by atomic mass is 10.0. The summed E-state index contributed by atoms with van der Waals surface area (Å²) in [6, 6.07) is 0. The summed E-state index contributed by atoms with van der Waals surface area (Å²) in [5, 5.41) is 5.76. The first-order chi connectivity index (χ1) is 7.88. The van der Waals surface area contributed by atoms with Crippen LogP contribution in [-0.4, -0.2) is 15.9 Å². The smallest absolute Gasteiger partial charge is 0.233 e. The van der Waals surface area contributed by atoms with Crippen molar-refractivity contribution in [1.82, 2.24) is 10.3 Å². The molecule has 6 heteroatoms. The molecule has 0 aliphatic heterocycles. The van der Waals surface area contributed by atoms with Gasteiger partial charge in [-0.15, -0.1) is 11.3 Å². The van der Waals surface area contributed by atoms with Crippen LogP contribution in [0.5, 0.6) is 0 Å². The first kappa shape index (κ1) is 12.4. The fourth-order valence-electron chi connectivity index (χ4n) is 1.70. The van der Waals surface area contributed by atoms with Crippen LogP contribution >= 0.6 is 23.6 Å². The van der Waals surface area contributed by atoms with E-state index in [0.29, 0.717) is 4.99 Å². The van der Waals surface area contributed by atoms with Crippen LogP contribution in [0, 0.1) is 5.41 Å². The van der Waals surface area contributed by atoms with Crippen molar-refractivity contribution in [2.24, 2.45) is 11.1 Å². The van der Waals surface area contributed by atoms with Gasteiger partial charge in [-0.3, -0.25) is 4.79 Å². The number of carbonyl (C=O) groups is 1. The maximum atomic E-state index is 12.2. The number of thiocarbonyl (C=S) groups is 1. The molecule has 0 bridgehead atoms. The Morgan fingerprint density at radius 1 is 1.65 bits per heavy atom. The summed E-state index contributed by atoms with van der Waals surface area (Å²) in [6.07, 6.45) is 3.23. The Bertz CT molecular complexity index is 449. The van der Waals surface area contributed by atoms with E-state index in [2.05, 4.69) is 10.3 Å². The van der Waals surface area contributed by atoms with Gasteiger partial charge in [-0.2, -0.15) is 0 Å². The zero-order valence-electron chi connectivity index (χ0n) is 9.82. The Balaban J connectivity index is 2.12. The first-order valence-electron chi connectivity index (χ1n) is 5.41. The van der Waals surface area contributed by atoms with Crippen molar-refractivity contribution in [1.29, 1.82) is 0 Å². The van der Waals surface area contributed by atoms with Gasteiger partial charge in [0.1, 0.15) is 5.01 Å². The van der Waals surface area contributed by atoms with Gasteiger partial charge in [0.2, 0.25) is 5.91 Å². The number of aromatic nitrogens is 1. The van der Waals surface area contributed by atoms with E-state index in [4.69, 9.17) is 18.0 Å². The molecule has 0 radical (unpaired) electrons. The highest BCUT2D eigenvalue weighted by Crippen LogP contribution is 2.46. The molecule has 17 heavy (non-hydrogen) atoms. The summed E-state index contributed by atoms with van der Waals surface area (Å²) < 4.78 is 0. The minimum Gasteiger partial charge on any atom is -0.392 e. The van der Waals surface area contributed by atoms with Crippen molar-refractivity contribution < 1.29 is 4.79 Å². The van der Waals surface area contributed by atoms with E-state index in [-0.39, 0.29) is 5.91 Å². The molecule has 1 fully saturated rings. The van der Waals surface area contributed by atoms with Crippen LogP contribution in [-0.2, 0) is 10.3 Å². The van der Waals surface area contributed by atoms with E-state index >= 15 is 0 Å². The molecule has 1 aromatic heterocycles. The lowest BCUT2D eigenvalue weighted by Crippen LogP contribution is -2.47. The average molecular weight is 269 g/mol. The Morgan fingerprint density at radius 3 is 2.71 bits per heavy atom. The van der Waals surface area contributed by atoms with Gasteiger partial charge < -0.3 is 11.1 Å². The average Bonchev–Trinajstić information content (AvgIpc) is 2.86. The minimum absolute atomic E-state index is 0.0785. The highest BCUT2D eigenvalue weighted by atomic mass is 32.1. The van der Waals surface area contributed by atoms with Gasteiger partial charge in [-0.25, -0.2) is 4.98 Å². The van der Waals surface area contributed by atoms with Crippen molar-refractivity contribution >= 4 is 34.5 Å². The number of nitrogens with two attached hydrogens (primary N) is 1. The monoisotopic (exact) mass is 269 g/mol. The maximum Gasteiger partial charge on any atom is 0.233 e. The summed E-state index contributed by atoms with van der Waals surface area (Å²) in [4.78, 5) is 16.7. The topological polar surface area (TPSA) is 68.0 Å². The maximum absolute atomic E-state index is 12.2. The second kappa shape index (κ2) is 4.03. The lowest BCUT2D eigenvalue weighted by molar-refractivity contribution is -0.125. The molecule has 1 heterocycles. The van der Waals surface area contributed by atoms with Crippen molar-refractivity contribution in [3.8, 4) is 0 Å². The summed E-state index contributed by atoms with van der Waals surface area (Å²) in [7, 11) is 0. The molecule has 3 N–H and O–H groups in total. The zero-order valence-corrected chi connectivity index (χ0v) is 11.5. The van der Waals surface area contributed by atoms with Crippen molar-refractivity contribution in [3.63, 3.8) is 0 Å². The third kappa shape index (κ3) is 2.19. The molecule has 1 aliphatic rings. The number of rotatable bonds is 4. The first-order valence-corrected chi connectivity index (χ1v) is 6.70. The second-order valence-corrected chi connectivity index (χ2v) is 6.20.